The first-order valence-electron chi connectivity index (χ1n) is 7.15. The van der Waals surface area contributed by atoms with E-state index < -0.39 is 0 Å². The minimum absolute atomic E-state index is 0.0483. The van der Waals surface area contributed by atoms with Crippen LogP contribution in [-0.4, -0.2) is 15.6 Å². The number of nitrogens with zero attached hydrogens (tertiary/aromatic N) is 2. The summed E-state index contributed by atoms with van der Waals surface area (Å²) in [5, 5.41) is 3.28. The lowest BCUT2D eigenvalue weighted by molar-refractivity contribution is 0.381. The number of aromatic nitrogens is 2. The molecule has 0 aliphatic carbocycles. The Balaban J connectivity index is 3.01. The Labute approximate surface area is 116 Å². The zero-order valence-electron chi connectivity index (χ0n) is 13.0. The van der Waals surface area contributed by atoms with E-state index in [9.17, 15) is 4.79 Å². The van der Waals surface area contributed by atoms with Gasteiger partial charge in [-0.25, -0.2) is 4.98 Å². The normalized spacial score (nSPS) is 13.6. The average Bonchev–Trinajstić information content (AvgIpc) is 2.32. The number of anilines is 1. The molecule has 19 heavy (non-hydrogen) atoms. The molecule has 0 saturated carbocycles. The molecule has 1 N–H and O–H groups in total. The SMILES string of the molecule is CCC(CC)C(C)Nc1nccn(C(C)(C)C)c1=O. The molecule has 0 bridgehead atoms. The van der Waals surface area contributed by atoms with Crippen molar-refractivity contribution in [3.8, 4) is 0 Å². The van der Waals surface area contributed by atoms with Crippen molar-refractivity contribution < 1.29 is 0 Å². The molecule has 0 amide bonds. The van der Waals surface area contributed by atoms with Gasteiger partial charge in [-0.1, -0.05) is 26.7 Å². The fraction of sp³-hybridized carbons (Fsp3) is 0.733. The van der Waals surface area contributed by atoms with Gasteiger partial charge in [0.25, 0.3) is 5.56 Å². The van der Waals surface area contributed by atoms with Crippen molar-refractivity contribution in [1.29, 1.82) is 0 Å². The number of hydrogen-bond donors (Lipinski definition) is 1. The van der Waals surface area contributed by atoms with Gasteiger partial charge in [-0.3, -0.25) is 4.79 Å². The fourth-order valence-corrected chi connectivity index (χ4v) is 2.37. The van der Waals surface area contributed by atoms with Crippen LogP contribution in [0.1, 0.15) is 54.4 Å². The highest BCUT2D eigenvalue weighted by Crippen LogP contribution is 2.16. The van der Waals surface area contributed by atoms with Gasteiger partial charge in [0, 0.05) is 24.0 Å². The second-order valence-corrected chi connectivity index (χ2v) is 6.13. The molecule has 0 aliphatic heterocycles. The molecule has 0 fully saturated rings. The summed E-state index contributed by atoms with van der Waals surface area (Å²) in [5.74, 6) is 1.02. The van der Waals surface area contributed by atoms with Crippen molar-refractivity contribution in [3.63, 3.8) is 0 Å². The Kier molecular flexibility index (Phi) is 5.15. The monoisotopic (exact) mass is 265 g/mol. The van der Waals surface area contributed by atoms with Crippen LogP contribution in [0, 0.1) is 5.92 Å². The molecule has 1 heterocycles. The van der Waals surface area contributed by atoms with E-state index in [4.69, 9.17) is 0 Å². The predicted molar refractivity (Wildman–Crippen MR) is 80.6 cm³/mol. The fourth-order valence-electron chi connectivity index (χ4n) is 2.37. The molecule has 1 aromatic heterocycles. The Hall–Kier alpha value is -1.32. The molecule has 1 aromatic rings. The summed E-state index contributed by atoms with van der Waals surface area (Å²) in [5.41, 5.74) is -0.276. The second kappa shape index (κ2) is 6.22. The summed E-state index contributed by atoms with van der Waals surface area (Å²) >= 11 is 0. The molecular formula is C15H27N3O. The van der Waals surface area contributed by atoms with Crippen LogP contribution in [0.4, 0.5) is 5.82 Å². The lowest BCUT2D eigenvalue weighted by Crippen LogP contribution is -2.37. The molecular weight excluding hydrogens is 238 g/mol. The maximum Gasteiger partial charge on any atom is 0.293 e. The molecule has 0 aliphatic rings. The second-order valence-electron chi connectivity index (χ2n) is 6.13. The van der Waals surface area contributed by atoms with Gasteiger partial charge >= 0.3 is 0 Å². The van der Waals surface area contributed by atoms with Crippen LogP contribution in [0.3, 0.4) is 0 Å². The van der Waals surface area contributed by atoms with Crippen LogP contribution in [0.25, 0.3) is 0 Å². The van der Waals surface area contributed by atoms with Gasteiger partial charge in [-0.15, -0.1) is 0 Å². The maximum absolute atomic E-state index is 12.4. The van der Waals surface area contributed by atoms with Crippen molar-refractivity contribution >= 4 is 5.82 Å². The lowest BCUT2D eigenvalue weighted by atomic mass is 9.95. The first-order valence-corrected chi connectivity index (χ1v) is 7.15. The Morgan fingerprint density at radius 1 is 1.32 bits per heavy atom. The third kappa shape index (κ3) is 3.82. The summed E-state index contributed by atoms with van der Waals surface area (Å²) in [6.45, 7) is 12.5. The molecule has 0 spiro atoms. The highest BCUT2D eigenvalue weighted by molar-refractivity contribution is 5.32. The molecule has 0 radical (unpaired) electrons. The predicted octanol–water partition coefficient (Wildman–Crippen LogP) is 3.23. The van der Waals surface area contributed by atoms with Gasteiger partial charge in [0.15, 0.2) is 5.82 Å². The van der Waals surface area contributed by atoms with E-state index in [1.807, 2.05) is 20.8 Å². The quantitative estimate of drug-likeness (QED) is 0.889. The van der Waals surface area contributed by atoms with E-state index in [2.05, 4.69) is 31.1 Å². The van der Waals surface area contributed by atoms with E-state index in [1.54, 1.807) is 17.0 Å². The van der Waals surface area contributed by atoms with E-state index in [0.717, 1.165) is 12.8 Å². The van der Waals surface area contributed by atoms with Gasteiger partial charge in [-0.05, 0) is 33.6 Å². The summed E-state index contributed by atoms with van der Waals surface area (Å²) in [7, 11) is 0. The van der Waals surface area contributed by atoms with Gasteiger partial charge in [-0.2, -0.15) is 0 Å². The van der Waals surface area contributed by atoms with E-state index >= 15 is 0 Å². The number of rotatable bonds is 5. The standard InChI is InChI=1S/C15H27N3O/c1-7-12(8-2)11(3)17-13-14(19)18(10-9-16-13)15(4,5)6/h9-12H,7-8H2,1-6H3,(H,16,17). The van der Waals surface area contributed by atoms with Crippen LogP contribution >= 0.6 is 0 Å². The zero-order valence-corrected chi connectivity index (χ0v) is 13.0. The molecule has 1 rings (SSSR count). The molecule has 108 valence electrons. The summed E-state index contributed by atoms with van der Waals surface area (Å²) in [6.07, 6.45) is 5.64. The third-order valence-corrected chi connectivity index (χ3v) is 3.68. The van der Waals surface area contributed by atoms with Crippen LogP contribution in [0.2, 0.25) is 0 Å². The topological polar surface area (TPSA) is 46.9 Å². The largest absolute Gasteiger partial charge is 0.363 e. The van der Waals surface area contributed by atoms with Crippen LogP contribution in [-0.2, 0) is 5.54 Å². The van der Waals surface area contributed by atoms with E-state index in [1.165, 1.54) is 0 Å². The Morgan fingerprint density at radius 3 is 2.37 bits per heavy atom. The van der Waals surface area contributed by atoms with Crippen LogP contribution < -0.4 is 10.9 Å². The summed E-state index contributed by atoms with van der Waals surface area (Å²) in [4.78, 5) is 16.6. The van der Waals surface area contributed by atoms with Gasteiger partial charge < -0.3 is 9.88 Å². The van der Waals surface area contributed by atoms with Crippen molar-refractivity contribution in [3.05, 3.63) is 22.7 Å². The average molecular weight is 265 g/mol. The minimum atomic E-state index is -0.228. The van der Waals surface area contributed by atoms with Gasteiger partial charge in [0.1, 0.15) is 0 Å². The Bertz CT molecular complexity index is 455. The van der Waals surface area contributed by atoms with Gasteiger partial charge in [0.2, 0.25) is 0 Å². The maximum atomic E-state index is 12.4. The lowest BCUT2D eigenvalue weighted by Gasteiger charge is -2.25. The van der Waals surface area contributed by atoms with Crippen molar-refractivity contribution in [2.24, 2.45) is 5.92 Å². The Morgan fingerprint density at radius 2 is 1.89 bits per heavy atom. The molecule has 4 heteroatoms. The molecule has 1 atom stereocenters. The van der Waals surface area contributed by atoms with Crippen molar-refractivity contribution in [2.75, 3.05) is 5.32 Å². The zero-order chi connectivity index (χ0) is 14.6. The first kappa shape index (κ1) is 15.7. The van der Waals surface area contributed by atoms with Gasteiger partial charge in [0.05, 0.1) is 0 Å². The van der Waals surface area contributed by atoms with Crippen LogP contribution in [0.15, 0.2) is 17.2 Å². The molecule has 1 unspecified atom stereocenters. The minimum Gasteiger partial charge on any atom is -0.363 e. The first-order chi connectivity index (χ1) is 8.81. The highest BCUT2D eigenvalue weighted by Gasteiger charge is 2.19. The van der Waals surface area contributed by atoms with E-state index in [0.29, 0.717) is 11.7 Å². The molecule has 4 nitrogen and oxygen atoms in total. The number of hydrogen-bond acceptors (Lipinski definition) is 3. The highest BCUT2D eigenvalue weighted by atomic mass is 16.1. The van der Waals surface area contributed by atoms with Crippen molar-refractivity contribution in [2.45, 2.75) is 66.0 Å². The summed E-state index contributed by atoms with van der Waals surface area (Å²) < 4.78 is 1.72. The smallest absolute Gasteiger partial charge is 0.293 e. The van der Waals surface area contributed by atoms with Crippen molar-refractivity contribution in [1.82, 2.24) is 9.55 Å². The third-order valence-electron chi connectivity index (χ3n) is 3.68. The summed E-state index contributed by atoms with van der Waals surface area (Å²) in [6, 6.07) is 0.256. The molecule has 0 saturated heterocycles. The number of nitrogens with one attached hydrogen (secondary N) is 1. The van der Waals surface area contributed by atoms with Crippen LogP contribution in [0.5, 0.6) is 0 Å². The van der Waals surface area contributed by atoms with E-state index in [-0.39, 0.29) is 17.1 Å². The molecule has 0 aromatic carbocycles.